The Kier molecular flexibility index (Phi) is 8.57. The van der Waals surface area contributed by atoms with Crippen LogP contribution in [0.4, 0.5) is 10.5 Å². The van der Waals surface area contributed by atoms with Crippen molar-refractivity contribution in [2.45, 2.75) is 45.1 Å². The predicted octanol–water partition coefficient (Wildman–Crippen LogP) is 4.09. The zero-order valence-electron chi connectivity index (χ0n) is 25.3. The highest BCUT2D eigenvalue weighted by Crippen LogP contribution is 2.32. The maximum absolute atomic E-state index is 14.2. The van der Waals surface area contributed by atoms with Gasteiger partial charge in [0.05, 0.1) is 18.8 Å². The third-order valence-electron chi connectivity index (χ3n) is 8.60. The molecule has 45 heavy (non-hydrogen) atoms. The molecule has 0 spiro atoms. The number of fused-ring (bicyclic) bond motifs is 2. The Morgan fingerprint density at radius 3 is 2.51 bits per heavy atom. The molecule has 0 aliphatic carbocycles. The number of phenols is 1. The molecule has 232 valence electrons. The average molecular weight is 607 g/mol. The smallest absolute Gasteiger partial charge is 0.332 e. The summed E-state index contributed by atoms with van der Waals surface area (Å²) in [6.07, 6.45) is 0.364. The number of phenolic OH excluding ortho intramolecular Hbond substituents is 1. The summed E-state index contributed by atoms with van der Waals surface area (Å²) in [6.45, 7) is 3.33. The number of nitrogen functional groups attached to an aromatic ring is 1. The van der Waals surface area contributed by atoms with Crippen LogP contribution in [0.3, 0.4) is 0 Å². The van der Waals surface area contributed by atoms with Crippen molar-refractivity contribution < 1.29 is 19.5 Å². The third kappa shape index (κ3) is 6.14. The first-order valence-electron chi connectivity index (χ1n) is 15.3. The predicted molar refractivity (Wildman–Crippen MR) is 172 cm³/mol. The van der Waals surface area contributed by atoms with Crippen molar-refractivity contribution in [1.29, 1.82) is 0 Å². The van der Waals surface area contributed by atoms with Gasteiger partial charge in [0.25, 0.3) is 0 Å². The van der Waals surface area contributed by atoms with Crippen LogP contribution in [0.2, 0.25) is 0 Å². The Hall–Kier alpha value is -5.09. The lowest BCUT2D eigenvalue weighted by molar-refractivity contribution is -0.157. The lowest BCUT2D eigenvalue weighted by atomic mass is 9.98. The number of nitrogens with zero attached hydrogens (tertiary/aromatic N) is 4. The number of hydrogen-bond donors (Lipinski definition) is 3. The first-order chi connectivity index (χ1) is 21.8. The highest BCUT2D eigenvalue weighted by molar-refractivity contribution is 5.92. The van der Waals surface area contributed by atoms with Crippen molar-refractivity contribution in [3.05, 3.63) is 108 Å². The molecule has 2 fully saturated rings. The van der Waals surface area contributed by atoms with Gasteiger partial charge in [0.2, 0.25) is 11.8 Å². The molecule has 0 aromatic heterocycles. The maximum Gasteiger partial charge on any atom is 0.332 e. The highest BCUT2D eigenvalue weighted by Gasteiger charge is 2.52. The van der Waals surface area contributed by atoms with Crippen LogP contribution >= 0.6 is 0 Å². The molecule has 0 radical (unpaired) electrons. The van der Waals surface area contributed by atoms with Crippen LogP contribution in [0.5, 0.6) is 5.75 Å². The molecule has 2 aliphatic rings. The normalized spacial score (nSPS) is 18.3. The van der Waals surface area contributed by atoms with Crippen molar-refractivity contribution in [2.75, 3.05) is 25.4 Å². The Morgan fingerprint density at radius 2 is 1.73 bits per heavy atom. The van der Waals surface area contributed by atoms with Crippen molar-refractivity contribution in [1.82, 2.24) is 25.1 Å². The molecule has 4 amide bonds. The topological polar surface area (TPSA) is 122 Å². The fourth-order valence-corrected chi connectivity index (χ4v) is 6.40. The number of amides is 4. The monoisotopic (exact) mass is 606 g/mol. The average Bonchev–Trinajstić information content (AvgIpc) is 3.37. The van der Waals surface area contributed by atoms with Crippen LogP contribution in [-0.4, -0.2) is 74.6 Å². The number of piperazine rings is 1. The van der Waals surface area contributed by atoms with Gasteiger partial charge in [0.1, 0.15) is 18.0 Å². The van der Waals surface area contributed by atoms with Crippen LogP contribution in [0.15, 0.2) is 91.0 Å². The summed E-state index contributed by atoms with van der Waals surface area (Å²) in [6, 6.07) is 27.6. The first-order valence-corrected chi connectivity index (χ1v) is 15.3. The number of nitrogens with two attached hydrogens (primary N) is 1. The summed E-state index contributed by atoms with van der Waals surface area (Å²) in [5.74, 6) is -0.423. The second-order valence-corrected chi connectivity index (χ2v) is 11.6. The number of hydrazine groups is 1. The van der Waals surface area contributed by atoms with Gasteiger partial charge in [-0.15, -0.1) is 0 Å². The second-order valence-electron chi connectivity index (χ2n) is 11.6. The molecule has 6 rings (SSSR count). The molecule has 4 aromatic carbocycles. The summed E-state index contributed by atoms with van der Waals surface area (Å²) >= 11 is 0. The fourth-order valence-electron chi connectivity index (χ4n) is 6.40. The minimum Gasteiger partial charge on any atom is -0.506 e. The van der Waals surface area contributed by atoms with E-state index < -0.39 is 12.2 Å². The van der Waals surface area contributed by atoms with Gasteiger partial charge in [0, 0.05) is 26.1 Å². The maximum atomic E-state index is 14.2. The number of carbonyl (C=O) groups excluding carboxylic acids is 3. The minimum atomic E-state index is -0.809. The molecule has 4 N–H and O–H groups in total. The van der Waals surface area contributed by atoms with E-state index >= 15 is 0 Å². The molecule has 10 nitrogen and oxygen atoms in total. The Morgan fingerprint density at radius 1 is 0.978 bits per heavy atom. The second kappa shape index (κ2) is 12.9. The molecule has 2 heterocycles. The molecule has 0 saturated carbocycles. The third-order valence-corrected chi connectivity index (χ3v) is 8.60. The molecular formula is C35H38N6O4. The number of anilines is 1. The SMILES string of the molecule is CCCN(C(=O)NCc1ccccc1)N1CC(=O)N2[C@@H](Cc3ccc(O)c(N)c3)C(=O)N(Cc3cccc4ccccc34)C[C@@H]21. The molecule has 0 unspecified atom stereocenters. The van der Waals surface area contributed by atoms with Crippen LogP contribution in [0, 0.1) is 0 Å². The van der Waals surface area contributed by atoms with E-state index in [-0.39, 0.29) is 48.8 Å². The van der Waals surface area contributed by atoms with Gasteiger partial charge in [0.15, 0.2) is 0 Å². The number of urea groups is 1. The van der Waals surface area contributed by atoms with E-state index in [0.717, 1.165) is 27.5 Å². The summed E-state index contributed by atoms with van der Waals surface area (Å²) < 4.78 is 0. The number of benzene rings is 4. The number of hydrogen-bond acceptors (Lipinski definition) is 6. The summed E-state index contributed by atoms with van der Waals surface area (Å²) in [5.41, 5.74) is 8.90. The summed E-state index contributed by atoms with van der Waals surface area (Å²) in [5, 5.41) is 18.6. The minimum absolute atomic E-state index is 0.0208. The lowest BCUT2D eigenvalue weighted by Crippen LogP contribution is -2.66. The van der Waals surface area contributed by atoms with Gasteiger partial charge in [-0.3, -0.25) is 14.6 Å². The van der Waals surface area contributed by atoms with Crippen molar-refractivity contribution in [3.8, 4) is 5.75 Å². The van der Waals surface area contributed by atoms with E-state index in [1.165, 1.54) is 6.07 Å². The van der Waals surface area contributed by atoms with Crippen LogP contribution in [0.25, 0.3) is 10.8 Å². The standard InChI is InChI=1S/C35H38N6O4/c1-2-17-39(35(45)37-20-24-9-4-3-5-10-24)40-23-33(43)41-30(19-25-15-16-31(42)29(36)18-25)34(44)38(22-32(40)41)21-27-13-8-12-26-11-6-7-14-28(26)27/h3-16,18,30,32,42H,2,17,19-23,36H2,1H3,(H,37,45)/t30-,32+/m0/s1. The molecule has 10 heteroatoms. The van der Waals surface area contributed by atoms with Gasteiger partial charge < -0.3 is 26.0 Å². The number of aromatic hydroxyl groups is 1. The van der Waals surface area contributed by atoms with E-state index in [1.54, 1.807) is 26.9 Å². The highest BCUT2D eigenvalue weighted by atomic mass is 16.3. The van der Waals surface area contributed by atoms with Crippen molar-refractivity contribution in [2.24, 2.45) is 0 Å². The van der Waals surface area contributed by atoms with E-state index in [1.807, 2.05) is 84.7 Å². The van der Waals surface area contributed by atoms with Crippen LogP contribution in [-0.2, 0) is 29.1 Å². The van der Waals surface area contributed by atoms with Gasteiger partial charge in [-0.05, 0) is 46.0 Å². The molecule has 0 bridgehead atoms. The lowest BCUT2D eigenvalue weighted by Gasteiger charge is -2.46. The van der Waals surface area contributed by atoms with Gasteiger partial charge in [-0.2, -0.15) is 5.01 Å². The molecule has 2 aliphatic heterocycles. The number of rotatable bonds is 9. The van der Waals surface area contributed by atoms with Gasteiger partial charge in [-0.1, -0.05) is 85.8 Å². The zero-order valence-corrected chi connectivity index (χ0v) is 25.3. The van der Waals surface area contributed by atoms with E-state index in [0.29, 0.717) is 26.1 Å². The van der Waals surface area contributed by atoms with E-state index in [2.05, 4.69) is 5.32 Å². The zero-order chi connectivity index (χ0) is 31.5. The van der Waals surface area contributed by atoms with E-state index in [4.69, 9.17) is 5.73 Å². The van der Waals surface area contributed by atoms with E-state index in [9.17, 15) is 19.5 Å². The van der Waals surface area contributed by atoms with Crippen LogP contribution < -0.4 is 11.1 Å². The Labute approximate surface area is 262 Å². The Bertz CT molecular complexity index is 1710. The Balaban J connectivity index is 1.33. The van der Waals surface area contributed by atoms with Crippen molar-refractivity contribution in [3.63, 3.8) is 0 Å². The van der Waals surface area contributed by atoms with Crippen LogP contribution in [0.1, 0.15) is 30.0 Å². The summed E-state index contributed by atoms with van der Waals surface area (Å²) in [7, 11) is 0. The molecule has 2 saturated heterocycles. The largest absolute Gasteiger partial charge is 0.506 e. The molecule has 2 atom stereocenters. The van der Waals surface area contributed by atoms with Crippen molar-refractivity contribution >= 4 is 34.3 Å². The fraction of sp³-hybridized carbons (Fsp3) is 0.286. The quantitative estimate of drug-likeness (QED) is 0.195. The van der Waals surface area contributed by atoms with Gasteiger partial charge in [-0.25, -0.2) is 4.79 Å². The van der Waals surface area contributed by atoms with Gasteiger partial charge >= 0.3 is 6.03 Å². The first kappa shape index (κ1) is 30.0. The number of carbonyl (C=O) groups is 3. The molecular weight excluding hydrogens is 568 g/mol. The summed E-state index contributed by atoms with van der Waals surface area (Å²) in [4.78, 5) is 45.0. The molecule has 4 aromatic rings. The number of nitrogens with one attached hydrogen (secondary N) is 1.